The van der Waals surface area contributed by atoms with Crippen molar-refractivity contribution in [1.82, 2.24) is 9.62 Å². The number of carbonyl (C=O) groups excluding carboxylic acids is 2. The van der Waals surface area contributed by atoms with E-state index in [0.717, 1.165) is 5.56 Å². The number of carbonyl (C=O) groups is 2. The zero-order valence-electron chi connectivity index (χ0n) is 18.0. The lowest BCUT2D eigenvalue weighted by Gasteiger charge is -2.27. The Balaban J connectivity index is 1.80. The van der Waals surface area contributed by atoms with E-state index in [4.69, 9.17) is 9.47 Å². The molecule has 1 atom stereocenters. The van der Waals surface area contributed by atoms with Crippen molar-refractivity contribution in [2.24, 2.45) is 0 Å². The number of ether oxygens (including phenoxy) is 2. The number of sulfonamides is 1. The van der Waals surface area contributed by atoms with Crippen molar-refractivity contribution in [2.75, 3.05) is 38.7 Å². The predicted molar refractivity (Wildman–Crippen MR) is 119 cm³/mol. The summed E-state index contributed by atoms with van der Waals surface area (Å²) in [6.07, 6.45) is -0.0127. The maximum absolute atomic E-state index is 13.1. The van der Waals surface area contributed by atoms with Gasteiger partial charge in [-0.1, -0.05) is 30.3 Å². The summed E-state index contributed by atoms with van der Waals surface area (Å²) in [6.45, 7) is 2.53. The fraction of sp³-hybridized carbons (Fsp3) is 0.364. The highest BCUT2D eigenvalue weighted by atomic mass is 32.2. The van der Waals surface area contributed by atoms with Crippen molar-refractivity contribution in [3.05, 3.63) is 54.1 Å². The third-order valence-corrected chi connectivity index (χ3v) is 6.92. The minimum atomic E-state index is -3.82. The fourth-order valence-corrected chi connectivity index (χ4v) is 5.05. The van der Waals surface area contributed by atoms with Gasteiger partial charge in [0.2, 0.25) is 21.8 Å². The molecule has 0 aliphatic carbocycles. The van der Waals surface area contributed by atoms with Crippen LogP contribution in [0.2, 0.25) is 0 Å². The molecule has 1 heterocycles. The Hall–Kier alpha value is -2.95. The van der Waals surface area contributed by atoms with E-state index in [0.29, 0.717) is 18.9 Å². The highest BCUT2D eigenvalue weighted by Crippen LogP contribution is 2.30. The quantitative estimate of drug-likeness (QED) is 0.621. The average Bonchev–Trinajstić information content (AvgIpc) is 2.79. The Morgan fingerprint density at radius 1 is 1.12 bits per heavy atom. The van der Waals surface area contributed by atoms with Crippen LogP contribution in [0.25, 0.3) is 0 Å². The highest BCUT2D eigenvalue weighted by molar-refractivity contribution is 7.89. The molecule has 2 N–H and O–H groups in total. The fourth-order valence-electron chi connectivity index (χ4n) is 3.46. The smallest absolute Gasteiger partial charge is 0.246 e. The summed E-state index contributed by atoms with van der Waals surface area (Å²) in [6, 6.07) is 13.1. The minimum absolute atomic E-state index is 0.0127. The van der Waals surface area contributed by atoms with Gasteiger partial charge in [0.05, 0.1) is 32.8 Å². The molecule has 1 saturated heterocycles. The molecular weight excluding hydrogens is 434 g/mol. The van der Waals surface area contributed by atoms with Gasteiger partial charge in [-0.15, -0.1) is 0 Å². The lowest BCUT2D eigenvalue weighted by Crippen LogP contribution is -2.40. The Bertz CT molecular complexity index is 1050. The predicted octanol–water partition coefficient (Wildman–Crippen LogP) is 1.92. The van der Waals surface area contributed by atoms with Gasteiger partial charge in [-0.2, -0.15) is 4.31 Å². The second-order valence-electron chi connectivity index (χ2n) is 7.30. The molecule has 2 aromatic carbocycles. The van der Waals surface area contributed by atoms with Gasteiger partial charge in [0, 0.05) is 25.7 Å². The van der Waals surface area contributed by atoms with E-state index in [1.165, 1.54) is 30.5 Å². The zero-order chi connectivity index (χ0) is 23.1. The van der Waals surface area contributed by atoms with Crippen LogP contribution in [-0.4, -0.2) is 58.0 Å². The summed E-state index contributed by atoms with van der Waals surface area (Å²) < 4.78 is 38.1. The molecule has 172 valence electrons. The van der Waals surface area contributed by atoms with Crippen molar-refractivity contribution in [2.45, 2.75) is 24.3 Å². The Morgan fingerprint density at radius 3 is 2.44 bits per heavy atom. The van der Waals surface area contributed by atoms with Crippen molar-refractivity contribution >= 4 is 27.5 Å². The number of nitrogens with zero attached hydrogens (tertiary/aromatic N) is 1. The van der Waals surface area contributed by atoms with E-state index in [-0.39, 0.29) is 42.0 Å². The molecule has 0 spiro atoms. The van der Waals surface area contributed by atoms with Crippen molar-refractivity contribution < 1.29 is 27.5 Å². The maximum Gasteiger partial charge on any atom is 0.246 e. The van der Waals surface area contributed by atoms with Gasteiger partial charge in [0.25, 0.3) is 0 Å². The molecule has 9 nitrogen and oxygen atoms in total. The first-order valence-corrected chi connectivity index (χ1v) is 11.6. The Morgan fingerprint density at radius 2 is 1.81 bits per heavy atom. The standard InChI is InChI=1S/C22H27N3O6S/c1-16(26)23-19(17-6-4-3-5-7-17)15-22(27)24-18-8-9-20(30-2)21(14-18)32(28,29)25-10-12-31-13-11-25/h3-9,14,19H,10-13,15H2,1-2H3,(H,23,26)(H,24,27)/t19-/m1/s1. The van der Waals surface area contributed by atoms with E-state index in [1.54, 1.807) is 6.07 Å². The van der Waals surface area contributed by atoms with Crippen LogP contribution in [0.15, 0.2) is 53.4 Å². The van der Waals surface area contributed by atoms with Crippen LogP contribution in [0.3, 0.4) is 0 Å². The molecule has 2 aromatic rings. The van der Waals surface area contributed by atoms with Crippen molar-refractivity contribution in [3.8, 4) is 5.75 Å². The molecule has 1 aliphatic rings. The third-order valence-electron chi connectivity index (χ3n) is 5.00. The number of rotatable bonds is 8. The van der Waals surface area contributed by atoms with E-state index in [2.05, 4.69) is 10.6 Å². The van der Waals surface area contributed by atoms with Gasteiger partial charge in [-0.3, -0.25) is 9.59 Å². The van der Waals surface area contributed by atoms with Crippen LogP contribution < -0.4 is 15.4 Å². The van der Waals surface area contributed by atoms with Gasteiger partial charge < -0.3 is 20.1 Å². The molecule has 0 unspecified atom stereocenters. The number of amides is 2. The van der Waals surface area contributed by atoms with Crippen molar-refractivity contribution in [1.29, 1.82) is 0 Å². The molecule has 1 aliphatic heterocycles. The number of hydrogen-bond donors (Lipinski definition) is 2. The zero-order valence-corrected chi connectivity index (χ0v) is 18.9. The first-order valence-electron chi connectivity index (χ1n) is 10.2. The molecule has 0 aromatic heterocycles. The number of anilines is 1. The summed E-state index contributed by atoms with van der Waals surface area (Å²) in [5.41, 5.74) is 1.11. The number of hydrogen-bond acceptors (Lipinski definition) is 6. The van der Waals surface area contributed by atoms with E-state index in [1.807, 2.05) is 30.3 Å². The molecule has 32 heavy (non-hydrogen) atoms. The second kappa shape index (κ2) is 10.6. The topological polar surface area (TPSA) is 114 Å². The van der Waals surface area contributed by atoms with Gasteiger partial charge in [0.15, 0.2) is 0 Å². The Kier molecular flexibility index (Phi) is 7.84. The van der Waals surface area contributed by atoms with E-state index in [9.17, 15) is 18.0 Å². The van der Waals surface area contributed by atoms with Crippen LogP contribution in [0, 0.1) is 0 Å². The molecule has 10 heteroatoms. The van der Waals surface area contributed by atoms with Crippen LogP contribution in [-0.2, 0) is 24.3 Å². The number of benzene rings is 2. The first kappa shape index (κ1) is 23.7. The summed E-state index contributed by atoms with van der Waals surface area (Å²) in [7, 11) is -2.43. The van der Waals surface area contributed by atoms with Crippen LogP contribution in [0.5, 0.6) is 5.75 Å². The van der Waals surface area contributed by atoms with Gasteiger partial charge >= 0.3 is 0 Å². The van der Waals surface area contributed by atoms with Crippen LogP contribution in [0.4, 0.5) is 5.69 Å². The van der Waals surface area contributed by atoms with E-state index < -0.39 is 16.1 Å². The average molecular weight is 462 g/mol. The highest BCUT2D eigenvalue weighted by Gasteiger charge is 2.29. The Labute approximate surface area is 187 Å². The largest absolute Gasteiger partial charge is 0.495 e. The number of methoxy groups -OCH3 is 1. The molecule has 0 radical (unpaired) electrons. The summed E-state index contributed by atoms with van der Waals surface area (Å²) >= 11 is 0. The van der Waals surface area contributed by atoms with Crippen LogP contribution in [0.1, 0.15) is 24.9 Å². The first-order chi connectivity index (χ1) is 15.3. The van der Waals surface area contributed by atoms with Crippen molar-refractivity contribution in [3.63, 3.8) is 0 Å². The monoisotopic (exact) mass is 461 g/mol. The summed E-state index contributed by atoms with van der Waals surface area (Å²) in [5, 5.41) is 5.50. The maximum atomic E-state index is 13.1. The molecule has 0 saturated carbocycles. The lowest BCUT2D eigenvalue weighted by atomic mass is 10.0. The van der Waals surface area contributed by atoms with Crippen LogP contribution >= 0.6 is 0 Å². The molecule has 3 rings (SSSR count). The minimum Gasteiger partial charge on any atom is -0.495 e. The van der Waals surface area contributed by atoms with Gasteiger partial charge in [0.1, 0.15) is 10.6 Å². The second-order valence-corrected chi connectivity index (χ2v) is 9.20. The normalized spacial score (nSPS) is 15.6. The number of nitrogens with one attached hydrogen (secondary N) is 2. The van der Waals surface area contributed by atoms with Gasteiger partial charge in [-0.05, 0) is 23.8 Å². The lowest BCUT2D eigenvalue weighted by molar-refractivity contribution is -0.120. The molecule has 2 amide bonds. The molecule has 1 fully saturated rings. The molecular formula is C22H27N3O6S. The summed E-state index contributed by atoms with van der Waals surface area (Å²) in [5.74, 6) is -0.433. The third kappa shape index (κ3) is 5.84. The number of morpholine rings is 1. The van der Waals surface area contributed by atoms with E-state index >= 15 is 0 Å². The summed E-state index contributed by atoms with van der Waals surface area (Å²) in [4.78, 5) is 24.3. The SMILES string of the molecule is COc1ccc(NC(=O)C[C@@H](NC(C)=O)c2ccccc2)cc1S(=O)(=O)N1CCOCC1. The molecule has 0 bridgehead atoms. The van der Waals surface area contributed by atoms with Gasteiger partial charge in [-0.25, -0.2) is 8.42 Å².